The maximum absolute atomic E-state index is 13.9. The Morgan fingerprint density at radius 3 is 2.59 bits per heavy atom. The van der Waals surface area contributed by atoms with E-state index in [1.165, 1.54) is 30.5 Å². The van der Waals surface area contributed by atoms with Gasteiger partial charge in [0, 0.05) is 17.6 Å². The van der Waals surface area contributed by atoms with Crippen molar-refractivity contribution in [2.24, 2.45) is 5.92 Å². The van der Waals surface area contributed by atoms with E-state index in [9.17, 15) is 8.78 Å². The second-order valence-corrected chi connectivity index (χ2v) is 9.47. The number of halogens is 3. The van der Waals surface area contributed by atoms with Gasteiger partial charge in [-0.05, 0) is 86.5 Å². The number of hydrogen-bond donors (Lipinski definition) is 1. The molecule has 2 fully saturated rings. The van der Waals surface area contributed by atoms with Crippen molar-refractivity contribution < 1.29 is 8.78 Å². The Balaban J connectivity index is 1.26. The van der Waals surface area contributed by atoms with Crippen LogP contribution in [0, 0.1) is 17.6 Å². The SMILES string of the molecule is Fc1ccc2nccc(C3CCN([C@@H](c4nc5cc(Cl)c(F)cc5[nH]4)C4CC4)CC3)c2c1. The summed E-state index contributed by atoms with van der Waals surface area (Å²) in [7, 11) is 0. The summed E-state index contributed by atoms with van der Waals surface area (Å²) < 4.78 is 27.8. The van der Waals surface area contributed by atoms with Crippen LogP contribution < -0.4 is 0 Å². The van der Waals surface area contributed by atoms with Gasteiger partial charge in [-0.25, -0.2) is 13.8 Å². The van der Waals surface area contributed by atoms with Crippen molar-refractivity contribution in [3.05, 3.63) is 70.6 Å². The van der Waals surface area contributed by atoms with Crippen molar-refractivity contribution in [3.8, 4) is 0 Å². The minimum atomic E-state index is -0.431. The van der Waals surface area contributed by atoms with E-state index < -0.39 is 5.82 Å². The molecule has 0 radical (unpaired) electrons. The average Bonchev–Trinajstić information content (AvgIpc) is 3.55. The largest absolute Gasteiger partial charge is 0.341 e. The zero-order chi connectivity index (χ0) is 21.8. The molecular weight excluding hydrogens is 430 g/mol. The number of aromatic nitrogens is 3. The number of fused-ring (bicyclic) bond motifs is 2. The number of rotatable bonds is 4. The van der Waals surface area contributed by atoms with Crippen molar-refractivity contribution >= 4 is 33.5 Å². The highest BCUT2D eigenvalue weighted by Gasteiger charge is 2.39. The van der Waals surface area contributed by atoms with Crippen molar-refractivity contribution in [2.75, 3.05) is 13.1 Å². The molecule has 1 aliphatic heterocycles. The molecule has 1 saturated carbocycles. The molecule has 1 atom stereocenters. The Labute approximate surface area is 189 Å². The van der Waals surface area contributed by atoms with Gasteiger partial charge in [-0.2, -0.15) is 0 Å². The maximum atomic E-state index is 13.9. The Kier molecular flexibility index (Phi) is 4.88. The molecule has 32 heavy (non-hydrogen) atoms. The zero-order valence-corrected chi connectivity index (χ0v) is 18.2. The van der Waals surface area contributed by atoms with E-state index in [4.69, 9.17) is 16.6 Å². The minimum Gasteiger partial charge on any atom is -0.341 e. The monoisotopic (exact) mass is 452 g/mol. The van der Waals surface area contributed by atoms with Gasteiger partial charge in [-0.15, -0.1) is 0 Å². The van der Waals surface area contributed by atoms with Crippen LogP contribution in [0.1, 0.15) is 49.0 Å². The lowest BCUT2D eigenvalue weighted by Crippen LogP contribution is -2.37. The van der Waals surface area contributed by atoms with Crippen molar-refractivity contribution in [2.45, 2.75) is 37.6 Å². The summed E-state index contributed by atoms with van der Waals surface area (Å²) in [4.78, 5) is 15.0. The van der Waals surface area contributed by atoms with Gasteiger partial charge in [0.2, 0.25) is 0 Å². The maximum Gasteiger partial charge on any atom is 0.144 e. The summed E-state index contributed by atoms with van der Waals surface area (Å²) in [6.07, 6.45) is 6.20. The van der Waals surface area contributed by atoms with E-state index in [1.54, 1.807) is 18.2 Å². The standard InChI is InChI=1S/C25H23ClF2N4/c26-19-12-22-23(13-20(19)28)31-25(30-22)24(15-1-2-15)32-9-6-14(7-10-32)17-5-8-29-21-4-3-16(27)11-18(17)21/h3-5,8,11-15,24H,1-2,6-7,9-10H2,(H,30,31)/t24-/m1/s1. The van der Waals surface area contributed by atoms with Crippen LogP contribution in [0.25, 0.3) is 21.9 Å². The Hall–Kier alpha value is -2.57. The van der Waals surface area contributed by atoms with Crippen LogP contribution in [0.2, 0.25) is 5.02 Å². The summed E-state index contributed by atoms with van der Waals surface area (Å²) in [5, 5.41) is 1.02. The molecule has 4 aromatic rings. The summed E-state index contributed by atoms with van der Waals surface area (Å²) in [6, 6.07) is 10.1. The molecule has 1 saturated heterocycles. The predicted molar refractivity (Wildman–Crippen MR) is 122 cm³/mol. The lowest BCUT2D eigenvalue weighted by atomic mass is 9.86. The number of benzene rings is 2. The molecule has 3 heterocycles. The van der Waals surface area contributed by atoms with Crippen molar-refractivity contribution in [1.29, 1.82) is 0 Å². The molecule has 7 heteroatoms. The van der Waals surface area contributed by atoms with Gasteiger partial charge < -0.3 is 4.98 Å². The van der Waals surface area contributed by atoms with Crippen LogP contribution in [0.3, 0.4) is 0 Å². The fraction of sp³-hybridized carbons (Fsp3) is 0.360. The van der Waals surface area contributed by atoms with E-state index in [0.29, 0.717) is 22.9 Å². The first-order valence-corrected chi connectivity index (χ1v) is 11.6. The molecule has 4 nitrogen and oxygen atoms in total. The van der Waals surface area contributed by atoms with E-state index >= 15 is 0 Å². The Bertz CT molecular complexity index is 1270. The fourth-order valence-corrected chi connectivity index (χ4v) is 5.41. The number of nitrogens with one attached hydrogen (secondary N) is 1. The first kappa shape index (κ1) is 20.1. The number of piperidine rings is 1. The molecule has 1 N–H and O–H groups in total. The summed E-state index contributed by atoms with van der Waals surface area (Å²) >= 11 is 5.96. The summed E-state index contributed by atoms with van der Waals surface area (Å²) in [6.45, 7) is 1.88. The second kappa shape index (κ2) is 7.78. The quantitative estimate of drug-likeness (QED) is 0.391. The molecule has 0 unspecified atom stereocenters. The van der Waals surface area contributed by atoms with Crippen LogP contribution in [-0.2, 0) is 0 Å². The van der Waals surface area contributed by atoms with Crippen molar-refractivity contribution in [1.82, 2.24) is 19.9 Å². The van der Waals surface area contributed by atoms with Crippen LogP contribution >= 0.6 is 11.6 Å². The Morgan fingerprint density at radius 2 is 1.81 bits per heavy atom. The molecule has 1 aliphatic carbocycles. The van der Waals surface area contributed by atoms with E-state index in [-0.39, 0.29) is 16.9 Å². The number of imidazole rings is 1. The third-order valence-electron chi connectivity index (χ3n) is 6.99. The number of hydrogen-bond acceptors (Lipinski definition) is 3. The first-order chi connectivity index (χ1) is 15.6. The van der Waals surface area contributed by atoms with Gasteiger partial charge in [-0.1, -0.05) is 11.6 Å². The topological polar surface area (TPSA) is 44.8 Å². The van der Waals surface area contributed by atoms with Crippen LogP contribution in [0.5, 0.6) is 0 Å². The fourth-order valence-electron chi connectivity index (χ4n) is 5.26. The highest BCUT2D eigenvalue weighted by Crippen LogP contribution is 2.46. The van der Waals surface area contributed by atoms with E-state index in [0.717, 1.165) is 42.7 Å². The Morgan fingerprint density at radius 1 is 1.00 bits per heavy atom. The first-order valence-electron chi connectivity index (χ1n) is 11.2. The van der Waals surface area contributed by atoms with Crippen molar-refractivity contribution in [3.63, 3.8) is 0 Å². The smallest absolute Gasteiger partial charge is 0.144 e. The van der Waals surface area contributed by atoms with E-state index in [1.807, 2.05) is 12.3 Å². The number of pyridine rings is 1. The summed E-state index contributed by atoms with van der Waals surface area (Å²) in [5.41, 5.74) is 3.42. The normalized spacial score (nSPS) is 19.1. The molecule has 2 aromatic heterocycles. The van der Waals surface area contributed by atoms with Gasteiger partial charge in [0.1, 0.15) is 17.5 Å². The predicted octanol–water partition coefficient (Wildman–Crippen LogP) is 6.37. The molecule has 0 bridgehead atoms. The van der Waals surface area contributed by atoms with Gasteiger partial charge >= 0.3 is 0 Å². The van der Waals surface area contributed by atoms with Crippen LogP contribution in [0.4, 0.5) is 8.78 Å². The van der Waals surface area contributed by atoms with Crippen LogP contribution in [0.15, 0.2) is 42.6 Å². The number of nitrogens with zero attached hydrogens (tertiary/aromatic N) is 3. The lowest BCUT2D eigenvalue weighted by molar-refractivity contribution is 0.131. The lowest BCUT2D eigenvalue weighted by Gasteiger charge is -2.37. The van der Waals surface area contributed by atoms with Gasteiger partial charge in [0.05, 0.1) is 27.6 Å². The van der Waals surface area contributed by atoms with Gasteiger partial charge in [0.15, 0.2) is 0 Å². The number of likely N-dealkylation sites (tertiary alicyclic amines) is 1. The third-order valence-corrected chi connectivity index (χ3v) is 7.28. The minimum absolute atomic E-state index is 0.0975. The summed E-state index contributed by atoms with van der Waals surface area (Å²) in [5.74, 6) is 1.20. The number of H-pyrrole nitrogens is 1. The second-order valence-electron chi connectivity index (χ2n) is 9.06. The molecule has 2 aliphatic rings. The van der Waals surface area contributed by atoms with Gasteiger partial charge in [0.25, 0.3) is 0 Å². The van der Waals surface area contributed by atoms with Gasteiger partial charge in [-0.3, -0.25) is 9.88 Å². The molecular formula is C25H23ClF2N4. The average molecular weight is 453 g/mol. The molecule has 164 valence electrons. The van der Waals surface area contributed by atoms with E-state index in [2.05, 4.69) is 14.9 Å². The van der Waals surface area contributed by atoms with Crippen LogP contribution in [-0.4, -0.2) is 32.9 Å². The zero-order valence-electron chi connectivity index (χ0n) is 17.5. The third kappa shape index (κ3) is 3.55. The highest BCUT2D eigenvalue weighted by molar-refractivity contribution is 6.31. The highest BCUT2D eigenvalue weighted by atomic mass is 35.5. The molecule has 0 spiro atoms. The molecule has 6 rings (SSSR count). The number of aromatic amines is 1. The molecule has 0 amide bonds. The molecule has 2 aromatic carbocycles.